The maximum atomic E-state index is 8.76. The van der Waals surface area contributed by atoms with Gasteiger partial charge < -0.3 is 5.11 Å². The van der Waals surface area contributed by atoms with Crippen LogP contribution < -0.4 is 0 Å². The minimum atomic E-state index is 0.882. The van der Waals surface area contributed by atoms with E-state index in [1.165, 1.54) is 17.5 Å². The molecule has 0 saturated heterocycles. The van der Waals surface area contributed by atoms with Gasteiger partial charge in [-0.1, -0.05) is 31.5 Å². The molecule has 0 aromatic heterocycles. The van der Waals surface area contributed by atoms with Crippen LogP contribution >= 0.6 is 0 Å². The van der Waals surface area contributed by atoms with Gasteiger partial charge in [-0.25, -0.2) is 0 Å². The Morgan fingerprint density at radius 2 is 2.17 bits per heavy atom. The molecule has 65 valence electrons. The van der Waals surface area contributed by atoms with Gasteiger partial charge in [-0.3, -0.25) is 0 Å². The summed E-state index contributed by atoms with van der Waals surface area (Å²) in [6.07, 6.45) is 2.29. The monoisotopic (exact) mass is 163 g/mol. The fourth-order valence-electron chi connectivity index (χ4n) is 1.35. The lowest BCUT2D eigenvalue weighted by Crippen LogP contribution is -1.90. The molecule has 1 aromatic carbocycles. The van der Waals surface area contributed by atoms with Gasteiger partial charge in [0.1, 0.15) is 6.61 Å². The van der Waals surface area contributed by atoms with Crippen molar-refractivity contribution in [2.24, 2.45) is 0 Å². The van der Waals surface area contributed by atoms with Crippen LogP contribution in [0.25, 0.3) is 0 Å². The molecule has 0 fully saturated rings. The number of aliphatic hydroxyl groups excluding tert-OH is 1. The quantitative estimate of drug-likeness (QED) is 0.726. The molecule has 1 aromatic rings. The van der Waals surface area contributed by atoms with E-state index in [4.69, 9.17) is 5.11 Å². The first-order chi connectivity index (χ1) is 5.77. The van der Waals surface area contributed by atoms with Crippen LogP contribution in [0, 0.1) is 13.5 Å². The molecule has 0 aliphatic heterocycles. The summed E-state index contributed by atoms with van der Waals surface area (Å²) >= 11 is 0. The first-order valence-corrected chi connectivity index (χ1v) is 4.35. The van der Waals surface area contributed by atoms with Crippen molar-refractivity contribution < 1.29 is 5.11 Å². The van der Waals surface area contributed by atoms with Gasteiger partial charge >= 0.3 is 0 Å². The molecule has 1 rings (SSSR count). The van der Waals surface area contributed by atoms with E-state index in [0.29, 0.717) is 0 Å². The molecular weight excluding hydrogens is 148 g/mol. The molecule has 0 unspecified atom stereocenters. The van der Waals surface area contributed by atoms with Crippen LogP contribution in [0.5, 0.6) is 0 Å². The average molecular weight is 163 g/mol. The number of hydrogen-bond acceptors (Lipinski definition) is 1. The molecule has 0 aliphatic rings. The Morgan fingerprint density at radius 3 is 2.67 bits per heavy atom. The normalized spacial score (nSPS) is 10.2. The van der Waals surface area contributed by atoms with E-state index in [0.717, 1.165) is 18.6 Å². The standard InChI is InChI=1S/C11H15O/c1-3-4-11-6-5-10(8-12)7-9(11)2/h5-8,12H,3-4H2,1-2H3. The molecule has 0 heterocycles. The lowest BCUT2D eigenvalue weighted by atomic mass is 10.0. The Labute approximate surface area is 74.1 Å². The summed E-state index contributed by atoms with van der Waals surface area (Å²) < 4.78 is 0. The van der Waals surface area contributed by atoms with E-state index in [1.807, 2.05) is 12.1 Å². The molecule has 0 saturated carbocycles. The van der Waals surface area contributed by atoms with E-state index in [1.54, 1.807) is 0 Å². The third-order valence-electron chi connectivity index (χ3n) is 2.04. The summed E-state index contributed by atoms with van der Waals surface area (Å²) in [5, 5.41) is 8.76. The lowest BCUT2D eigenvalue weighted by molar-refractivity contribution is 0.415. The molecule has 0 bridgehead atoms. The third kappa shape index (κ3) is 2.08. The predicted octanol–water partition coefficient (Wildman–Crippen LogP) is 2.83. The van der Waals surface area contributed by atoms with Gasteiger partial charge in [-0.2, -0.15) is 0 Å². The highest BCUT2D eigenvalue weighted by molar-refractivity contribution is 5.33. The highest BCUT2D eigenvalue weighted by Crippen LogP contribution is 2.13. The van der Waals surface area contributed by atoms with Gasteiger partial charge in [0.05, 0.1) is 0 Å². The van der Waals surface area contributed by atoms with E-state index < -0.39 is 0 Å². The summed E-state index contributed by atoms with van der Waals surface area (Å²) in [4.78, 5) is 0. The largest absolute Gasteiger partial charge is 0.385 e. The first-order valence-electron chi connectivity index (χ1n) is 4.35. The smallest absolute Gasteiger partial charge is 0.109 e. The lowest BCUT2D eigenvalue weighted by Gasteiger charge is -2.05. The van der Waals surface area contributed by atoms with Gasteiger partial charge in [-0.05, 0) is 30.0 Å². The van der Waals surface area contributed by atoms with Crippen LogP contribution in [0.1, 0.15) is 30.0 Å². The second-order valence-electron chi connectivity index (χ2n) is 3.07. The molecule has 0 spiro atoms. The number of benzene rings is 1. The molecule has 0 atom stereocenters. The highest BCUT2D eigenvalue weighted by atomic mass is 16.3. The second-order valence-corrected chi connectivity index (χ2v) is 3.07. The molecule has 0 amide bonds. The van der Waals surface area contributed by atoms with Crippen molar-refractivity contribution in [1.82, 2.24) is 0 Å². The highest BCUT2D eigenvalue weighted by Gasteiger charge is 1.98. The fourth-order valence-corrected chi connectivity index (χ4v) is 1.35. The zero-order valence-electron chi connectivity index (χ0n) is 7.67. The molecule has 12 heavy (non-hydrogen) atoms. The summed E-state index contributed by atoms with van der Waals surface area (Å²) in [6, 6.07) is 6.03. The van der Waals surface area contributed by atoms with Crippen LogP contribution in [0.4, 0.5) is 0 Å². The van der Waals surface area contributed by atoms with Gasteiger partial charge in [0, 0.05) is 0 Å². The summed E-state index contributed by atoms with van der Waals surface area (Å²) in [7, 11) is 0. The number of rotatable bonds is 3. The van der Waals surface area contributed by atoms with Crippen LogP contribution in [0.3, 0.4) is 0 Å². The van der Waals surface area contributed by atoms with Crippen molar-refractivity contribution in [3.8, 4) is 0 Å². The Hall–Kier alpha value is -0.820. The predicted molar refractivity (Wildman–Crippen MR) is 50.5 cm³/mol. The Bertz CT molecular complexity index is 253. The number of aryl methyl sites for hydroxylation is 2. The van der Waals surface area contributed by atoms with Gasteiger partial charge in [-0.15, -0.1) is 0 Å². The van der Waals surface area contributed by atoms with E-state index in [-0.39, 0.29) is 0 Å². The van der Waals surface area contributed by atoms with Crippen molar-refractivity contribution in [2.75, 3.05) is 0 Å². The van der Waals surface area contributed by atoms with E-state index in [9.17, 15) is 0 Å². The van der Waals surface area contributed by atoms with Gasteiger partial charge in [0.15, 0.2) is 0 Å². The first kappa shape index (κ1) is 9.27. The average Bonchev–Trinajstić information content (AvgIpc) is 2.09. The summed E-state index contributed by atoms with van der Waals surface area (Å²) in [5.41, 5.74) is 3.52. The number of aliphatic hydroxyl groups is 1. The van der Waals surface area contributed by atoms with Crippen molar-refractivity contribution in [3.63, 3.8) is 0 Å². The van der Waals surface area contributed by atoms with Crippen LogP contribution in [0.15, 0.2) is 18.2 Å². The third-order valence-corrected chi connectivity index (χ3v) is 2.04. The fraction of sp³-hybridized carbons (Fsp3) is 0.364. The van der Waals surface area contributed by atoms with Crippen LogP contribution in [0.2, 0.25) is 0 Å². The molecule has 0 aliphatic carbocycles. The minimum Gasteiger partial charge on any atom is -0.385 e. The second kappa shape index (κ2) is 4.27. The zero-order chi connectivity index (χ0) is 8.97. The van der Waals surface area contributed by atoms with Crippen LogP contribution in [-0.2, 0) is 6.42 Å². The Kier molecular flexibility index (Phi) is 3.30. The SMILES string of the molecule is CCCc1ccc([CH]O)cc1C. The molecule has 1 nitrogen and oxygen atoms in total. The Balaban J connectivity index is 2.87. The summed E-state index contributed by atoms with van der Waals surface area (Å²) in [5.74, 6) is 0. The van der Waals surface area contributed by atoms with Gasteiger partial charge in [0.2, 0.25) is 0 Å². The molecule has 1 radical (unpaired) electrons. The minimum absolute atomic E-state index is 0.882. The number of hydrogen-bond donors (Lipinski definition) is 1. The topological polar surface area (TPSA) is 20.2 Å². The van der Waals surface area contributed by atoms with Crippen molar-refractivity contribution in [2.45, 2.75) is 26.7 Å². The van der Waals surface area contributed by atoms with E-state index >= 15 is 0 Å². The van der Waals surface area contributed by atoms with Crippen LogP contribution in [-0.4, -0.2) is 5.11 Å². The van der Waals surface area contributed by atoms with Crippen molar-refractivity contribution in [1.29, 1.82) is 0 Å². The Morgan fingerprint density at radius 1 is 1.42 bits per heavy atom. The molecular formula is C11H15O. The summed E-state index contributed by atoms with van der Waals surface area (Å²) in [6.45, 7) is 5.40. The molecule has 1 heteroatoms. The van der Waals surface area contributed by atoms with Crippen molar-refractivity contribution >= 4 is 0 Å². The molecule has 1 N–H and O–H groups in total. The van der Waals surface area contributed by atoms with Crippen molar-refractivity contribution in [3.05, 3.63) is 41.5 Å². The van der Waals surface area contributed by atoms with E-state index in [2.05, 4.69) is 19.9 Å². The maximum Gasteiger partial charge on any atom is 0.109 e. The maximum absolute atomic E-state index is 8.76. The zero-order valence-corrected chi connectivity index (χ0v) is 7.67. The van der Waals surface area contributed by atoms with Gasteiger partial charge in [0.25, 0.3) is 0 Å².